The Bertz CT molecular complexity index is 956. The van der Waals surface area contributed by atoms with Gasteiger partial charge in [-0.15, -0.1) is 0 Å². The Morgan fingerprint density at radius 3 is 2.45 bits per heavy atom. The Morgan fingerprint density at radius 1 is 0.970 bits per heavy atom. The minimum absolute atomic E-state index is 0.0270. The molecule has 2 fully saturated rings. The lowest BCUT2D eigenvalue weighted by atomic mass is 9.89. The molecule has 3 aliphatic carbocycles. The maximum absolute atomic E-state index is 13.9. The predicted octanol–water partition coefficient (Wildman–Crippen LogP) is 6.64. The summed E-state index contributed by atoms with van der Waals surface area (Å²) in [5.74, 6) is 0.142. The van der Waals surface area contributed by atoms with Crippen molar-refractivity contribution < 1.29 is 9.18 Å². The monoisotopic (exact) mass is 451 g/mol. The van der Waals surface area contributed by atoms with Crippen LogP contribution < -0.4 is 5.32 Å². The van der Waals surface area contributed by atoms with E-state index in [2.05, 4.69) is 10.00 Å². The van der Waals surface area contributed by atoms with E-state index in [0.717, 1.165) is 63.4 Å². The van der Waals surface area contributed by atoms with Crippen molar-refractivity contribution in [2.75, 3.05) is 0 Å². The van der Waals surface area contributed by atoms with Gasteiger partial charge in [0.1, 0.15) is 5.82 Å². The van der Waals surface area contributed by atoms with Crippen LogP contribution in [0, 0.1) is 5.82 Å². The Kier molecular flexibility index (Phi) is 7.13. The maximum atomic E-state index is 13.9. The Labute approximate surface area is 197 Å². The zero-order chi connectivity index (χ0) is 22.6. The minimum atomic E-state index is -0.172. The van der Waals surface area contributed by atoms with Crippen LogP contribution in [0.5, 0.6) is 0 Å². The molecule has 2 aromatic rings. The molecule has 0 radical (unpaired) electrons. The molecular formula is C28H38FN3O. The summed E-state index contributed by atoms with van der Waals surface area (Å²) in [6, 6.07) is 7.70. The van der Waals surface area contributed by atoms with Gasteiger partial charge in [0.2, 0.25) is 0 Å². The van der Waals surface area contributed by atoms with Crippen LogP contribution in [0.1, 0.15) is 123 Å². The number of amides is 1. The van der Waals surface area contributed by atoms with E-state index >= 15 is 0 Å². The van der Waals surface area contributed by atoms with E-state index in [4.69, 9.17) is 5.10 Å². The van der Waals surface area contributed by atoms with Crippen molar-refractivity contribution in [2.24, 2.45) is 0 Å². The van der Waals surface area contributed by atoms with E-state index in [-0.39, 0.29) is 23.7 Å². The zero-order valence-electron chi connectivity index (χ0n) is 19.8. The second-order valence-corrected chi connectivity index (χ2v) is 10.5. The van der Waals surface area contributed by atoms with Crippen LogP contribution in [0.4, 0.5) is 4.39 Å². The third-order valence-electron chi connectivity index (χ3n) is 8.11. The standard InChI is InChI=1S/C28H38FN3O/c29-22-12-9-10-20(19-22)18-21-11-7-8-17-25-26(28(33)30-23-13-3-1-4-14-23)31-32(27(21)25)24-15-5-2-6-16-24/h9-10,12,19,21,23-24H,1-8,11,13-18H2,(H,30,33). The third-order valence-corrected chi connectivity index (χ3v) is 8.11. The van der Waals surface area contributed by atoms with Crippen LogP contribution in [0.15, 0.2) is 24.3 Å². The SMILES string of the molecule is O=C(NC1CCCCC1)c1nn(C2CCCCC2)c2c1CCCCC2Cc1cccc(F)c1. The average Bonchev–Trinajstić information content (AvgIpc) is 3.10. The van der Waals surface area contributed by atoms with Gasteiger partial charge in [0.25, 0.3) is 5.91 Å². The van der Waals surface area contributed by atoms with Crippen LogP contribution in [-0.2, 0) is 12.8 Å². The number of halogens is 1. The van der Waals surface area contributed by atoms with Gasteiger partial charge in [0, 0.05) is 23.2 Å². The van der Waals surface area contributed by atoms with Gasteiger partial charge in [-0.25, -0.2) is 4.39 Å². The largest absolute Gasteiger partial charge is 0.348 e. The van der Waals surface area contributed by atoms with E-state index in [1.807, 2.05) is 12.1 Å². The molecule has 1 heterocycles. The van der Waals surface area contributed by atoms with Gasteiger partial charge >= 0.3 is 0 Å². The summed E-state index contributed by atoms with van der Waals surface area (Å²) < 4.78 is 16.2. The van der Waals surface area contributed by atoms with Crippen molar-refractivity contribution in [1.29, 1.82) is 0 Å². The van der Waals surface area contributed by atoms with Gasteiger partial charge in [0.05, 0.1) is 6.04 Å². The predicted molar refractivity (Wildman–Crippen MR) is 129 cm³/mol. The number of hydrogen-bond donors (Lipinski definition) is 1. The summed E-state index contributed by atoms with van der Waals surface area (Å²) in [5.41, 5.74) is 4.16. The van der Waals surface area contributed by atoms with Gasteiger partial charge in [-0.05, 0) is 69.1 Å². The van der Waals surface area contributed by atoms with E-state index in [0.29, 0.717) is 11.7 Å². The molecule has 1 N–H and O–H groups in total. The minimum Gasteiger partial charge on any atom is -0.348 e. The number of nitrogens with one attached hydrogen (secondary N) is 1. The van der Waals surface area contributed by atoms with E-state index in [9.17, 15) is 9.18 Å². The van der Waals surface area contributed by atoms with Gasteiger partial charge in [-0.1, -0.05) is 57.1 Å². The first kappa shape index (κ1) is 22.6. The fraction of sp³-hybridized carbons (Fsp3) is 0.643. The first-order chi connectivity index (χ1) is 16.2. The van der Waals surface area contributed by atoms with Crippen molar-refractivity contribution in [3.63, 3.8) is 0 Å². The van der Waals surface area contributed by atoms with Crippen LogP contribution in [0.2, 0.25) is 0 Å². The lowest BCUT2D eigenvalue weighted by molar-refractivity contribution is 0.0920. The number of fused-ring (bicyclic) bond motifs is 1. The number of benzene rings is 1. The molecule has 3 aliphatic rings. The highest BCUT2D eigenvalue weighted by molar-refractivity contribution is 5.94. The number of hydrogen-bond acceptors (Lipinski definition) is 2. The average molecular weight is 452 g/mol. The summed E-state index contributed by atoms with van der Waals surface area (Å²) in [6.45, 7) is 0. The number of carbonyl (C=O) groups is 1. The summed E-state index contributed by atoms with van der Waals surface area (Å²) >= 11 is 0. The van der Waals surface area contributed by atoms with E-state index < -0.39 is 0 Å². The molecule has 2 saturated carbocycles. The lowest BCUT2D eigenvalue weighted by Crippen LogP contribution is -2.36. The van der Waals surface area contributed by atoms with Gasteiger partial charge in [0.15, 0.2) is 5.69 Å². The highest BCUT2D eigenvalue weighted by Crippen LogP contribution is 2.39. The Morgan fingerprint density at radius 2 is 1.70 bits per heavy atom. The molecule has 0 aliphatic heterocycles. The number of rotatable bonds is 5. The third kappa shape index (κ3) is 5.17. The van der Waals surface area contributed by atoms with Crippen LogP contribution in [0.3, 0.4) is 0 Å². The highest BCUT2D eigenvalue weighted by Gasteiger charge is 2.33. The fourth-order valence-electron chi connectivity index (χ4n) is 6.42. The van der Waals surface area contributed by atoms with Crippen molar-refractivity contribution in [3.05, 3.63) is 52.6 Å². The van der Waals surface area contributed by atoms with Crippen molar-refractivity contribution in [2.45, 2.75) is 114 Å². The number of carbonyl (C=O) groups excluding carboxylic acids is 1. The molecule has 4 nitrogen and oxygen atoms in total. The van der Waals surface area contributed by atoms with Gasteiger partial charge in [-0.2, -0.15) is 5.10 Å². The molecule has 1 aromatic heterocycles. The van der Waals surface area contributed by atoms with E-state index in [1.165, 1.54) is 55.8 Å². The fourth-order valence-corrected chi connectivity index (χ4v) is 6.42. The van der Waals surface area contributed by atoms with E-state index in [1.54, 1.807) is 6.07 Å². The number of nitrogens with zero attached hydrogens (tertiary/aromatic N) is 2. The second kappa shape index (κ2) is 10.4. The summed E-state index contributed by atoms with van der Waals surface area (Å²) in [4.78, 5) is 13.5. The van der Waals surface area contributed by atoms with Crippen LogP contribution in [0.25, 0.3) is 0 Å². The first-order valence-corrected chi connectivity index (χ1v) is 13.4. The topological polar surface area (TPSA) is 46.9 Å². The van der Waals surface area contributed by atoms with Crippen molar-refractivity contribution in [1.82, 2.24) is 15.1 Å². The molecule has 5 heteroatoms. The maximum Gasteiger partial charge on any atom is 0.272 e. The molecule has 1 amide bonds. The quantitative estimate of drug-likeness (QED) is 0.518. The molecule has 0 bridgehead atoms. The molecule has 0 spiro atoms. The Hall–Kier alpha value is -2.17. The Balaban J connectivity index is 1.50. The van der Waals surface area contributed by atoms with Gasteiger partial charge in [-0.3, -0.25) is 9.48 Å². The molecule has 1 aromatic carbocycles. The second-order valence-electron chi connectivity index (χ2n) is 10.5. The zero-order valence-corrected chi connectivity index (χ0v) is 19.8. The summed E-state index contributed by atoms with van der Waals surface area (Å²) in [5, 5.41) is 8.39. The summed E-state index contributed by atoms with van der Waals surface area (Å²) in [7, 11) is 0. The first-order valence-electron chi connectivity index (χ1n) is 13.4. The van der Waals surface area contributed by atoms with Crippen molar-refractivity contribution >= 4 is 5.91 Å². The summed E-state index contributed by atoms with van der Waals surface area (Å²) in [6.07, 6.45) is 16.9. The normalized spacial score (nSPS) is 22.5. The molecule has 0 saturated heterocycles. The molecule has 1 unspecified atom stereocenters. The van der Waals surface area contributed by atoms with Gasteiger partial charge < -0.3 is 5.32 Å². The molecule has 178 valence electrons. The molecule has 1 atom stereocenters. The van der Waals surface area contributed by atoms with Crippen LogP contribution in [-0.4, -0.2) is 21.7 Å². The number of aromatic nitrogens is 2. The molecule has 33 heavy (non-hydrogen) atoms. The van der Waals surface area contributed by atoms with Crippen molar-refractivity contribution in [3.8, 4) is 0 Å². The highest BCUT2D eigenvalue weighted by atomic mass is 19.1. The van der Waals surface area contributed by atoms with Crippen LogP contribution >= 0.6 is 0 Å². The molecule has 5 rings (SSSR count). The smallest absolute Gasteiger partial charge is 0.272 e. The lowest BCUT2D eigenvalue weighted by Gasteiger charge is -2.27. The molecular weight excluding hydrogens is 413 g/mol.